The number of nitrogens with one attached hydrogen (secondary N) is 2. The Hall–Kier alpha value is -2.33. The van der Waals surface area contributed by atoms with Crippen LogP contribution in [0.3, 0.4) is 0 Å². The van der Waals surface area contributed by atoms with Crippen LogP contribution >= 0.6 is 11.6 Å². The Morgan fingerprint density at radius 2 is 1.96 bits per heavy atom. The topological polar surface area (TPSA) is 44.9 Å². The molecule has 1 aliphatic rings. The van der Waals surface area contributed by atoms with Crippen molar-refractivity contribution in [3.63, 3.8) is 0 Å². The Balaban J connectivity index is 1.45. The van der Waals surface area contributed by atoms with E-state index >= 15 is 0 Å². The van der Waals surface area contributed by atoms with Crippen LogP contribution in [0, 0.1) is 5.82 Å². The van der Waals surface area contributed by atoms with E-state index in [0.717, 1.165) is 34.9 Å². The van der Waals surface area contributed by atoms with Crippen LogP contribution in [0.25, 0.3) is 10.9 Å². The molecule has 3 aromatic rings. The predicted octanol–water partition coefficient (Wildman–Crippen LogP) is 4.35. The first kappa shape index (κ1) is 16.2. The number of aromatic nitrogens is 1. The van der Waals surface area contributed by atoms with Gasteiger partial charge in [-0.15, -0.1) is 0 Å². The summed E-state index contributed by atoms with van der Waals surface area (Å²) in [5, 5.41) is 4.60. The van der Waals surface area contributed by atoms with Crippen molar-refractivity contribution < 1.29 is 9.18 Å². The van der Waals surface area contributed by atoms with Crippen molar-refractivity contribution in [1.82, 2.24) is 10.3 Å². The summed E-state index contributed by atoms with van der Waals surface area (Å²) in [4.78, 5) is 15.4. The highest BCUT2D eigenvalue weighted by Crippen LogP contribution is 2.50. The van der Waals surface area contributed by atoms with Crippen LogP contribution in [0.15, 0.2) is 48.7 Å². The molecule has 0 aliphatic heterocycles. The van der Waals surface area contributed by atoms with Crippen molar-refractivity contribution in [3.8, 4) is 0 Å². The SMILES string of the molecule is O=C(Cc1ccc(Cl)cc1)NCC1(c2c[nH]c3ccc(F)cc23)CC1. The molecular weight excluding hydrogens is 339 g/mol. The van der Waals surface area contributed by atoms with Crippen LogP contribution in [0.1, 0.15) is 24.0 Å². The Morgan fingerprint density at radius 1 is 1.20 bits per heavy atom. The van der Waals surface area contributed by atoms with E-state index in [0.29, 0.717) is 18.0 Å². The zero-order valence-electron chi connectivity index (χ0n) is 13.6. The largest absolute Gasteiger partial charge is 0.361 e. The van der Waals surface area contributed by atoms with Crippen molar-refractivity contribution >= 4 is 28.4 Å². The number of rotatable bonds is 5. The molecular formula is C20H18ClFN2O. The smallest absolute Gasteiger partial charge is 0.224 e. The third-order valence-electron chi connectivity index (χ3n) is 4.97. The second kappa shape index (κ2) is 6.19. The zero-order chi connectivity index (χ0) is 17.4. The third kappa shape index (κ3) is 3.27. The number of H-pyrrole nitrogens is 1. The molecule has 1 fully saturated rings. The second-order valence-electron chi connectivity index (χ2n) is 6.75. The van der Waals surface area contributed by atoms with Gasteiger partial charge >= 0.3 is 0 Å². The van der Waals surface area contributed by atoms with Crippen LogP contribution in [0.5, 0.6) is 0 Å². The van der Waals surface area contributed by atoms with Gasteiger partial charge in [-0.05, 0) is 54.3 Å². The molecule has 1 aliphatic carbocycles. The molecule has 0 radical (unpaired) electrons. The number of hydrogen-bond donors (Lipinski definition) is 2. The molecule has 2 aromatic carbocycles. The van der Waals surface area contributed by atoms with Gasteiger partial charge in [0.1, 0.15) is 5.82 Å². The van der Waals surface area contributed by atoms with Gasteiger partial charge in [-0.25, -0.2) is 4.39 Å². The fraction of sp³-hybridized carbons (Fsp3) is 0.250. The average molecular weight is 357 g/mol. The summed E-state index contributed by atoms with van der Waals surface area (Å²) in [5.74, 6) is -0.254. The molecule has 5 heteroatoms. The number of carbonyl (C=O) groups excluding carboxylic acids is 1. The molecule has 25 heavy (non-hydrogen) atoms. The molecule has 3 nitrogen and oxygen atoms in total. The first-order valence-corrected chi connectivity index (χ1v) is 8.72. The second-order valence-corrected chi connectivity index (χ2v) is 7.19. The lowest BCUT2D eigenvalue weighted by molar-refractivity contribution is -0.120. The summed E-state index contributed by atoms with van der Waals surface area (Å²) >= 11 is 5.86. The van der Waals surface area contributed by atoms with E-state index in [-0.39, 0.29) is 17.1 Å². The average Bonchev–Trinajstić information content (AvgIpc) is 3.27. The number of halogens is 2. The van der Waals surface area contributed by atoms with E-state index in [1.807, 2.05) is 18.3 Å². The maximum atomic E-state index is 13.6. The molecule has 4 rings (SSSR count). The number of amides is 1. The number of fused-ring (bicyclic) bond motifs is 1. The van der Waals surface area contributed by atoms with Crippen LogP contribution in [0.4, 0.5) is 4.39 Å². The molecule has 0 bridgehead atoms. The number of benzene rings is 2. The van der Waals surface area contributed by atoms with Gasteiger partial charge in [0.2, 0.25) is 5.91 Å². The highest BCUT2D eigenvalue weighted by molar-refractivity contribution is 6.30. The third-order valence-corrected chi connectivity index (χ3v) is 5.22. The van der Waals surface area contributed by atoms with Crippen molar-refractivity contribution in [3.05, 3.63) is 70.6 Å². The first-order valence-electron chi connectivity index (χ1n) is 8.34. The number of aromatic amines is 1. The first-order chi connectivity index (χ1) is 12.1. The highest BCUT2D eigenvalue weighted by Gasteiger charge is 2.45. The Bertz CT molecular complexity index is 929. The summed E-state index contributed by atoms with van der Waals surface area (Å²) in [6.45, 7) is 0.572. The van der Waals surface area contributed by atoms with Crippen molar-refractivity contribution in [2.24, 2.45) is 0 Å². The molecule has 1 heterocycles. The Labute approximate surface area is 150 Å². The minimum atomic E-state index is -0.240. The molecule has 1 amide bonds. The summed E-state index contributed by atoms with van der Waals surface area (Å²) in [5.41, 5.74) is 2.87. The summed E-state index contributed by atoms with van der Waals surface area (Å²) < 4.78 is 13.6. The zero-order valence-corrected chi connectivity index (χ0v) is 14.4. The maximum absolute atomic E-state index is 13.6. The summed E-state index contributed by atoms with van der Waals surface area (Å²) in [6.07, 6.45) is 4.27. The molecule has 1 aromatic heterocycles. The van der Waals surface area contributed by atoms with Gasteiger partial charge in [-0.1, -0.05) is 23.7 Å². The fourth-order valence-corrected chi connectivity index (χ4v) is 3.47. The Morgan fingerprint density at radius 3 is 2.68 bits per heavy atom. The summed E-state index contributed by atoms with van der Waals surface area (Å²) in [7, 11) is 0. The molecule has 0 spiro atoms. The monoisotopic (exact) mass is 356 g/mol. The highest BCUT2D eigenvalue weighted by atomic mass is 35.5. The standard InChI is InChI=1S/C20H18ClFN2O/c21-14-3-1-13(2-4-14)9-19(25)24-12-20(7-8-20)17-11-23-18-6-5-15(22)10-16(17)18/h1-6,10-11,23H,7-9,12H2,(H,24,25). The van der Waals surface area contributed by atoms with E-state index in [1.165, 1.54) is 6.07 Å². The number of carbonyl (C=O) groups is 1. The van der Waals surface area contributed by atoms with Crippen LogP contribution in [-0.2, 0) is 16.6 Å². The van der Waals surface area contributed by atoms with E-state index in [2.05, 4.69) is 10.3 Å². The van der Waals surface area contributed by atoms with Crippen molar-refractivity contribution in [2.75, 3.05) is 6.54 Å². The molecule has 128 valence electrons. The lowest BCUT2D eigenvalue weighted by atomic mass is 9.95. The van der Waals surface area contributed by atoms with Gasteiger partial charge in [0.15, 0.2) is 0 Å². The predicted molar refractivity (Wildman–Crippen MR) is 97.3 cm³/mol. The quantitative estimate of drug-likeness (QED) is 0.701. The van der Waals surface area contributed by atoms with Crippen LogP contribution in [0.2, 0.25) is 5.02 Å². The van der Waals surface area contributed by atoms with Gasteiger partial charge in [-0.3, -0.25) is 4.79 Å². The van der Waals surface area contributed by atoms with Gasteiger partial charge in [0.05, 0.1) is 6.42 Å². The minimum absolute atomic E-state index is 0.0142. The lowest BCUT2D eigenvalue weighted by Crippen LogP contribution is -2.33. The number of hydrogen-bond acceptors (Lipinski definition) is 1. The summed E-state index contributed by atoms with van der Waals surface area (Å²) in [6, 6.07) is 12.1. The van der Waals surface area contributed by atoms with Gasteiger partial charge in [-0.2, -0.15) is 0 Å². The van der Waals surface area contributed by atoms with Gasteiger partial charge in [0, 0.05) is 34.1 Å². The van der Waals surface area contributed by atoms with E-state index in [4.69, 9.17) is 11.6 Å². The minimum Gasteiger partial charge on any atom is -0.361 e. The van der Waals surface area contributed by atoms with Gasteiger partial charge in [0.25, 0.3) is 0 Å². The fourth-order valence-electron chi connectivity index (χ4n) is 3.34. The molecule has 0 atom stereocenters. The van der Waals surface area contributed by atoms with Crippen LogP contribution in [-0.4, -0.2) is 17.4 Å². The van der Waals surface area contributed by atoms with Crippen molar-refractivity contribution in [2.45, 2.75) is 24.7 Å². The normalized spacial score (nSPS) is 15.3. The molecule has 0 saturated heterocycles. The van der Waals surface area contributed by atoms with Gasteiger partial charge < -0.3 is 10.3 Å². The van der Waals surface area contributed by atoms with E-state index < -0.39 is 0 Å². The molecule has 0 unspecified atom stereocenters. The Kier molecular flexibility index (Phi) is 4.00. The maximum Gasteiger partial charge on any atom is 0.224 e. The lowest BCUT2D eigenvalue weighted by Gasteiger charge is -2.16. The van der Waals surface area contributed by atoms with E-state index in [9.17, 15) is 9.18 Å². The van der Waals surface area contributed by atoms with Crippen molar-refractivity contribution in [1.29, 1.82) is 0 Å². The van der Waals surface area contributed by atoms with Crippen LogP contribution < -0.4 is 5.32 Å². The molecule has 2 N–H and O–H groups in total. The molecule has 1 saturated carbocycles. The van der Waals surface area contributed by atoms with E-state index in [1.54, 1.807) is 24.3 Å².